The highest BCUT2D eigenvalue weighted by atomic mass is 31.2. The molecule has 0 saturated heterocycles. The Bertz CT molecular complexity index is 1360. The molecule has 0 aliphatic carbocycles. The van der Waals surface area contributed by atoms with E-state index in [2.05, 4.69) is 48.8 Å². The smallest absolute Gasteiger partial charge is 0.472 e. The lowest BCUT2D eigenvalue weighted by Gasteiger charge is -2.20. The number of esters is 2. The van der Waals surface area contributed by atoms with E-state index >= 15 is 0 Å². The highest BCUT2D eigenvalue weighted by Gasteiger charge is 2.28. The summed E-state index contributed by atoms with van der Waals surface area (Å²) in [4.78, 5) is 46.1. The number of rotatable bonds is 42. The number of nitrogens with two attached hydrogens (primary N) is 1. The second-order valence-electron chi connectivity index (χ2n) is 15.6. The molecule has 0 rings (SSSR count). The lowest BCUT2D eigenvalue weighted by Crippen LogP contribution is -2.34. The molecule has 0 aromatic carbocycles. The maximum absolute atomic E-state index is 12.7. The van der Waals surface area contributed by atoms with Crippen molar-refractivity contribution >= 4 is 25.7 Å². The first kappa shape index (κ1) is 58.8. The molecule has 14 heteroatoms. The summed E-state index contributed by atoms with van der Waals surface area (Å²) in [6.07, 6.45) is 43.0. The largest absolute Gasteiger partial charge is 0.480 e. The van der Waals surface area contributed by atoms with Crippen LogP contribution in [0, 0.1) is 0 Å². The SMILES string of the molecule is CCCCC/C=C\C/C=C\CCCCCCCCCCCC(=O)OC[C@H](COP(=O)(O)OC[C@H](N)C(=O)O)OC(=O)CCC[C@@H](O)\C=C/C=C/C=C/[C@@H](O)C/C=C\CCCCC. The molecule has 356 valence electrons. The number of ether oxygens (including phenoxy) is 2. The summed E-state index contributed by atoms with van der Waals surface area (Å²) < 4.78 is 32.6. The average molecular weight is 896 g/mol. The molecule has 0 saturated carbocycles. The van der Waals surface area contributed by atoms with Crippen molar-refractivity contribution < 1.29 is 57.7 Å². The normalized spacial score (nSPS) is 15.3. The summed E-state index contributed by atoms with van der Waals surface area (Å²) in [6.45, 7) is 2.46. The fourth-order valence-corrected chi connectivity index (χ4v) is 6.65. The molecule has 5 atom stereocenters. The zero-order valence-corrected chi connectivity index (χ0v) is 38.8. The van der Waals surface area contributed by atoms with Crippen molar-refractivity contribution in [2.45, 2.75) is 192 Å². The molecule has 6 N–H and O–H groups in total. The van der Waals surface area contributed by atoms with E-state index in [1.54, 1.807) is 36.5 Å². The average Bonchev–Trinajstić information content (AvgIpc) is 3.24. The number of aliphatic hydroxyl groups excluding tert-OH is 2. The van der Waals surface area contributed by atoms with Crippen LogP contribution >= 0.6 is 7.82 Å². The first-order chi connectivity index (χ1) is 29.9. The Balaban J connectivity index is 4.57. The van der Waals surface area contributed by atoms with Crippen molar-refractivity contribution in [2.75, 3.05) is 19.8 Å². The topological polar surface area (TPSA) is 212 Å². The minimum Gasteiger partial charge on any atom is -0.480 e. The second-order valence-corrected chi connectivity index (χ2v) is 17.0. The number of phosphoric ester groups is 1. The van der Waals surface area contributed by atoms with E-state index in [1.165, 1.54) is 64.2 Å². The number of aliphatic carboxylic acids is 1. The van der Waals surface area contributed by atoms with Crippen molar-refractivity contribution in [3.8, 4) is 0 Å². The number of hydrogen-bond acceptors (Lipinski definition) is 11. The summed E-state index contributed by atoms with van der Waals surface area (Å²) in [5, 5.41) is 29.2. The number of allylic oxidation sites excluding steroid dienone is 9. The Hall–Kier alpha value is -3.16. The van der Waals surface area contributed by atoms with Crippen LogP contribution in [-0.2, 0) is 37.5 Å². The zero-order valence-electron chi connectivity index (χ0n) is 37.9. The first-order valence-electron chi connectivity index (χ1n) is 23.2. The van der Waals surface area contributed by atoms with E-state index < -0.39 is 69.9 Å². The van der Waals surface area contributed by atoms with E-state index in [4.69, 9.17) is 24.8 Å². The summed E-state index contributed by atoms with van der Waals surface area (Å²) in [5.74, 6) is -2.66. The van der Waals surface area contributed by atoms with Crippen molar-refractivity contribution in [3.63, 3.8) is 0 Å². The molecule has 13 nitrogen and oxygen atoms in total. The highest BCUT2D eigenvalue weighted by Crippen LogP contribution is 2.43. The fraction of sp³-hybridized carbons (Fsp3) is 0.688. The summed E-state index contributed by atoms with van der Waals surface area (Å²) in [7, 11) is -4.79. The van der Waals surface area contributed by atoms with Crippen LogP contribution < -0.4 is 5.73 Å². The van der Waals surface area contributed by atoms with Crippen LogP contribution in [0.1, 0.15) is 168 Å². The number of phosphoric acid groups is 1. The molecule has 0 amide bonds. The van der Waals surface area contributed by atoms with Gasteiger partial charge in [0.25, 0.3) is 0 Å². The van der Waals surface area contributed by atoms with Crippen LogP contribution in [-0.4, -0.2) is 82.3 Å². The molecule has 0 bridgehead atoms. The third kappa shape index (κ3) is 40.9. The van der Waals surface area contributed by atoms with Crippen LogP contribution in [0.5, 0.6) is 0 Å². The van der Waals surface area contributed by atoms with Gasteiger partial charge < -0.3 is 35.4 Å². The second kappa shape index (κ2) is 41.8. The van der Waals surface area contributed by atoms with Crippen molar-refractivity contribution in [3.05, 3.63) is 72.9 Å². The van der Waals surface area contributed by atoms with Crippen LogP contribution in [0.15, 0.2) is 72.9 Å². The molecule has 0 aromatic rings. The Morgan fingerprint density at radius 3 is 1.68 bits per heavy atom. The van der Waals surface area contributed by atoms with Crippen LogP contribution in [0.2, 0.25) is 0 Å². The van der Waals surface area contributed by atoms with Gasteiger partial charge in [-0.25, -0.2) is 4.57 Å². The molecule has 0 aliphatic heterocycles. The Labute approximate surface area is 373 Å². The zero-order chi connectivity index (χ0) is 45.9. The molecule has 0 aromatic heterocycles. The molecule has 0 heterocycles. The molecule has 0 radical (unpaired) electrons. The van der Waals surface area contributed by atoms with E-state index in [0.29, 0.717) is 12.8 Å². The Morgan fingerprint density at radius 1 is 0.597 bits per heavy atom. The predicted octanol–water partition coefficient (Wildman–Crippen LogP) is 10.4. The Morgan fingerprint density at radius 2 is 1.10 bits per heavy atom. The van der Waals surface area contributed by atoms with Gasteiger partial charge in [-0.1, -0.05) is 157 Å². The molecule has 62 heavy (non-hydrogen) atoms. The van der Waals surface area contributed by atoms with Crippen LogP contribution in [0.4, 0.5) is 0 Å². The molecular weight excluding hydrogens is 813 g/mol. The molecule has 0 aliphatic rings. The van der Waals surface area contributed by atoms with E-state index in [0.717, 1.165) is 51.4 Å². The maximum Gasteiger partial charge on any atom is 0.472 e. The lowest BCUT2D eigenvalue weighted by molar-refractivity contribution is -0.161. The predicted molar refractivity (Wildman–Crippen MR) is 247 cm³/mol. The van der Waals surface area contributed by atoms with Gasteiger partial charge in [0.05, 0.1) is 25.4 Å². The summed E-state index contributed by atoms with van der Waals surface area (Å²) >= 11 is 0. The first-order valence-corrected chi connectivity index (χ1v) is 24.7. The molecular formula is C48H82NO12P. The van der Waals surface area contributed by atoms with Gasteiger partial charge >= 0.3 is 25.7 Å². The van der Waals surface area contributed by atoms with Gasteiger partial charge in [-0.05, 0) is 70.6 Å². The van der Waals surface area contributed by atoms with Crippen LogP contribution in [0.25, 0.3) is 0 Å². The fourth-order valence-electron chi connectivity index (χ4n) is 5.88. The number of unbranched alkanes of at least 4 members (excludes halogenated alkanes) is 15. The molecule has 0 spiro atoms. The van der Waals surface area contributed by atoms with Gasteiger partial charge in [0.2, 0.25) is 0 Å². The Kier molecular flexibility index (Phi) is 39.7. The number of carboxylic acid groups (broad SMARTS) is 1. The number of hydrogen-bond donors (Lipinski definition) is 5. The van der Waals surface area contributed by atoms with Gasteiger partial charge in [0.1, 0.15) is 12.6 Å². The minimum absolute atomic E-state index is 0.103. The van der Waals surface area contributed by atoms with Gasteiger partial charge in [0, 0.05) is 12.8 Å². The molecule has 1 unspecified atom stereocenters. The van der Waals surface area contributed by atoms with Gasteiger partial charge in [-0.2, -0.15) is 0 Å². The van der Waals surface area contributed by atoms with Gasteiger partial charge in [-0.3, -0.25) is 23.4 Å². The maximum atomic E-state index is 12.7. The number of carboxylic acids is 1. The third-order valence-corrected chi connectivity index (χ3v) is 10.6. The van der Waals surface area contributed by atoms with E-state index in [-0.39, 0.29) is 25.7 Å². The number of aliphatic hydroxyl groups is 2. The number of carbonyl (C=O) groups excluding carboxylic acids is 2. The summed E-state index contributed by atoms with van der Waals surface area (Å²) in [6, 6.07) is -1.57. The lowest BCUT2D eigenvalue weighted by atomic mass is 10.1. The van der Waals surface area contributed by atoms with Crippen molar-refractivity contribution in [1.82, 2.24) is 0 Å². The third-order valence-electron chi connectivity index (χ3n) is 9.62. The standard InChI is InChI=1S/C48H82NO12P/c1-3-5-7-9-11-12-13-14-15-16-17-18-19-20-21-22-23-25-31-37-46(52)58-39-44(40-59-62(56,57)60-41-45(49)48(54)55)61-47(53)38-32-36-43(51)35-30-27-26-29-34-42(50)33-28-24-10-8-6-4-2/h11-12,14-15,24,26-30,34-35,42-45,50-51H,3-10,13,16-23,25,31-33,36-41,49H2,1-2H3,(H,54,55)(H,56,57)/b12-11-,15-14-,27-26+,28-24-,34-29+,35-30-/t42-,43-,44+,45-/m0/s1. The molecule has 0 fully saturated rings. The van der Waals surface area contributed by atoms with Crippen molar-refractivity contribution in [2.24, 2.45) is 5.73 Å². The van der Waals surface area contributed by atoms with Gasteiger partial charge in [-0.15, -0.1) is 0 Å². The van der Waals surface area contributed by atoms with E-state index in [1.807, 2.05) is 6.08 Å². The summed E-state index contributed by atoms with van der Waals surface area (Å²) in [5.41, 5.74) is 5.32. The van der Waals surface area contributed by atoms with Crippen LogP contribution in [0.3, 0.4) is 0 Å². The van der Waals surface area contributed by atoms with E-state index in [9.17, 15) is 34.1 Å². The highest BCUT2D eigenvalue weighted by molar-refractivity contribution is 7.47. The minimum atomic E-state index is -4.79. The number of carbonyl (C=O) groups is 3. The monoisotopic (exact) mass is 896 g/mol. The quantitative estimate of drug-likeness (QED) is 0.0127. The van der Waals surface area contributed by atoms with Crippen molar-refractivity contribution in [1.29, 1.82) is 0 Å². The van der Waals surface area contributed by atoms with Gasteiger partial charge in [0.15, 0.2) is 6.10 Å².